The third kappa shape index (κ3) is 3.36. The molecule has 0 saturated carbocycles. The van der Waals surface area contributed by atoms with Gasteiger partial charge in [0.1, 0.15) is 0 Å². The molecule has 0 amide bonds. The predicted octanol–water partition coefficient (Wildman–Crippen LogP) is 6.53. The number of ketones is 1. The molecule has 0 aliphatic rings. The summed E-state index contributed by atoms with van der Waals surface area (Å²) in [5, 5.41) is 2.27. The fraction of sp³-hybridized carbons (Fsp3) is 0.107. The number of rotatable bonds is 7. The lowest BCUT2D eigenvalue weighted by molar-refractivity contribution is -0.00991. The number of methoxy groups -OCH3 is 1. The summed E-state index contributed by atoms with van der Waals surface area (Å²) >= 11 is 0. The van der Waals surface area contributed by atoms with Crippen molar-refractivity contribution < 1.29 is 9.53 Å². The van der Waals surface area contributed by atoms with Crippen molar-refractivity contribution in [1.29, 1.82) is 0 Å². The van der Waals surface area contributed by atoms with E-state index in [0.717, 1.165) is 21.9 Å². The maximum atomic E-state index is 14.0. The summed E-state index contributed by atoms with van der Waals surface area (Å²) in [6.07, 6.45) is 1.82. The van der Waals surface area contributed by atoms with Crippen molar-refractivity contribution in [3.63, 3.8) is 0 Å². The van der Waals surface area contributed by atoms with Crippen molar-refractivity contribution in [1.82, 2.24) is 0 Å². The normalized spacial score (nSPS) is 14.0. The maximum absolute atomic E-state index is 14.0. The van der Waals surface area contributed by atoms with Gasteiger partial charge in [-0.1, -0.05) is 109 Å². The number of hydrogen-bond donors (Lipinski definition) is 0. The lowest BCUT2D eigenvalue weighted by atomic mass is 9.72. The van der Waals surface area contributed by atoms with E-state index in [-0.39, 0.29) is 11.7 Å². The standard InChI is InChI=1S/C28H24O2/c1-3-26(24-19-18-21-12-10-11-15-23(21)20-24)28(30-2,25-16-8-5-9-17-25)27(29)22-13-6-4-7-14-22/h3-20,26H,1H2,2H3/t26-,28-/m1/s1. The third-order valence-corrected chi connectivity index (χ3v) is 5.70. The second-order valence-electron chi connectivity index (χ2n) is 7.32. The molecule has 0 unspecified atom stereocenters. The Balaban J connectivity index is 1.95. The van der Waals surface area contributed by atoms with Crippen molar-refractivity contribution in [3.05, 3.63) is 132 Å². The maximum Gasteiger partial charge on any atom is 0.200 e. The molecule has 4 aromatic rings. The highest BCUT2D eigenvalue weighted by atomic mass is 16.5. The van der Waals surface area contributed by atoms with Crippen LogP contribution >= 0.6 is 0 Å². The number of fused-ring (bicyclic) bond motifs is 1. The summed E-state index contributed by atoms with van der Waals surface area (Å²) in [5.41, 5.74) is 1.17. The van der Waals surface area contributed by atoms with Crippen LogP contribution in [-0.2, 0) is 10.3 Å². The molecule has 0 N–H and O–H groups in total. The number of carbonyl (C=O) groups is 1. The Morgan fingerprint density at radius 1 is 0.833 bits per heavy atom. The van der Waals surface area contributed by atoms with E-state index < -0.39 is 5.60 Å². The highest BCUT2D eigenvalue weighted by Gasteiger charge is 2.47. The van der Waals surface area contributed by atoms with Crippen LogP contribution in [0.4, 0.5) is 0 Å². The molecular formula is C28H24O2. The van der Waals surface area contributed by atoms with Crippen LogP contribution in [0, 0.1) is 0 Å². The SMILES string of the molecule is C=C[C@H](c1ccc2ccccc2c1)[C@@](OC)(C(=O)c1ccccc1)c1ccccc1. The molecule has 0 aliphatic heterocycles. The van der Waals surface area contributed by atoms with Crippen molar-refractivity contribution in [2.45, 2.75) is 11.5 Å². The van der Waals surface area contributed by atoms with E-state index in [1.54, 1.807) is 7.11 Å². The first kappa shape index (κ1) is 19.8. The molecule has 0 heterocycles. The first-order valence-corrected chi connectivity index (χ1v) is 10.0. The molecule has 0 saturated heterocycles. The fourth-order valence-electron chi connectivity index (χ4n) is 4.22. The van der Waals surface area contributed by atoms with E-state index in [4.69, 9.17) is 4.74 Å². The van der Waals surface area contributed by atoms with E-state index in [0.29, 0.717) is 5.56 Å². The summed E-state index contributed by atoms with van der Waals surface area (Å²) < 4.78 is 6.14. The Kier molecular flexibility index (Phi) is 5.60. The average molecular weight is 392 g/mol. The Morgan fingerprint density at radius 3 is 2.07 bits per heavy atom. The number of Topliss-reactive ketones (excluding diaryl/α,β-unsaturated/α-hetero) is 1. The van der Waals surface area contributed by atoms with Gasteiger partial charge < -0.3 is 4.74 Å². The van der Waals surface area contributed by atoms with Crippen LogP contribution in [0.5, 0.6) is 0 Å². The molecule has 4 aromatic carbocycles. The summed E-state index contributed by atoms with van der Waals surface area (Å²) in [6.45, 7) is 4.10. The van der Waals surface area contributed by atoms with E-state index in [1.165, 1.54) is 0 Å². The Morgan fingerprint density at radius 2 is 1.43 bits per heavy atom. The zero-order chi connectivity index (χ0) is 21.0. The zero-order valence-corrected chi connectivity index (χ0v) is 17.0. The summed E-state index contributed by atoms with van der Waals surface area (Å²) in [6, 6.07) is 33.5. The largest absolute Gasteiger partial charge is 0.364 e. The van der Waals surface area contributed by atoms with Gasteiger partial charge in [-0.2, -0.15) is 0 Å². The second-order valence-corrected chi connectivity index (χ2v) is 7.32. The van der Waals surface area contributed by atoms with E-state index in [2.05, 4.69) is 36.9 Å². The van der Waals surface area contributed by atoms with E-state index >= 15 is 0 Å². The van der Waals surface area contributed by atoms with Gasteiger partial charge in [0.05, 0.1) is 0 Å². The zero-order valence-electron chi connectivity index (χ0n) is 17.0. The van der Waals surface area contributed by atoms with Gasteiger partial charge in [0.15, 0.2) is 11.4 Å². The third-order valence-electron chi connectivity index (χ3n) is 5.70. The Labute approximate surface area is 177 Å². The molecule has 0 radical (unpaired) electrons. The lowest BCUT2D eigenvalue weighted by Gasteiger charge is -2.38. The van der Waals surface area contributed by atoms with E-state index in [1.807, 2.05) is 78.9 Å². The smallest absolute Gasteiger partial charge is 0.200 e. The molecule has 0 bridgehead atoms. The van der Waals surface area contributed by atoms with Crippen LogP contribution in [0.3, 0.4) is 0 Å². The molecule has 2 heteroatoms. The van der Waals surface area contributed by atoms with Crippen LogP contribution in [-0.4, -0.2) is 12.9 Å². The van der Waals surface area contributed by atoms with Gasteiger partial charge in [-0.25, -0.2) is 0 Å². The van der Waals surface area contributed by atoms with Gasteiger partial charge in [0.2, 0.25) is 0 Å². The van der Waals surface area contributed by atoms with E-state index in [9.17, 15) is 4.79 Å². The highest BCUT2D eigenvalue weighted by Crippen LogP contribution is 2.44. The number of benzene rings is 4. The first-order chi connectivity index (χ1) is 14.7. The van der Waals surface area contributed by atoms with Gasteiger partial charge in [-0.05, 0) is 21.9 Å². The van der Waals surface area contributed by atoms with Crippen molar-refractivity contribution in [2.24, 2.45) is 0 Å². The molecule has 0 aliphatic carbocycles. The molecule has 2 nitrogen and oxygen atoms in total. The van der Waals surface area contributed by atoms with Crippen LogP contribution in [0.2, 0.25) is 0 Å². The Hall–Kier alpha value is -3.49. The van der Waals surface area contributed by atoms with Crippen molar-refractivity contribution >= 4 is 16.6 Å². The minimum Gasteiger partial charge on any atom is -0.364 e. The van der Waals surface area contributed by atoms with Crippen LogP contribution in [0.15, 0.2) is 116 Å². The molecule has 4 rings (SSSR count). The molecule has 0 fully saturated rings. The summed E-state index contributed by atoms with van der Waals surface area (Å²) in [7, 11) is 1.60. The number of ether oxygens (including phenoxy) is 1. The Bertz CT molecular complexity index is 1160. The van der Waals surface area contributed by atoms with Gasteiger partial charge in [0, 0.05) is 18.6 Å². The number of hydrogen-bond acceptors (Lipinski definition) is 2. The second kappa shape index (κ2) is 8.48. The van der Waals surface area contributed by atoms with Gasteiger partial charge in [0.25, 0.3) is 0 Å². The van der Waals surface area contributed by atoms with Crippen molar-refractivity contribution in [2.75, 3.05) is 7.11 Å². The quantitative estimate of drug-likeness (QED) is 0.264. The van der Waals surface area contributed by atoms with Crippen molar-refractivity contribution in [3.8, 4) is 0 Å². The number of carbonyl (C=O) groups excluding carboxylic acids is 1. The highest BCUT2D eigenvalue weighted by molar-refractivity contribution is 6.04. The minimum atomic E-state index is -1.23. The first-order valence-electron chi connectivity index (χ1n) is 10.0. The van der Waals surface area contributed by atoms with Crippen LogP contribution < -0.4 is 0 Å². The molecular weight excluding hydrogens is 368 g/mol. The van der Waals surface area contributed by atoms with Crippen LogP contribution in [0.1, 0.15) is 27.4 Å². The summed E-state index contributed by atoms with van der Waals surface area (Å²) in [4.78, 5) is 14.0. The van der Waals surface area contributed by atoms with Crippen LogP contribution in [0.25, 0.3) is 10.8 Å². The summed E-state index contributed by atoms with van der Waals surface area (Å²) in [5.74, 6) is -0.461. The lowest BCUT2D eigenvalue weighted by Crippen LogP contribution is -2.43. The van der Waals surface area contributed by atoms with Gasteiger partial charge >= 0.3 is 0 Å². The molecule has 0 aromatic heterocycles. The monoisotopic (exact) mass is 392 g/mol. The fourth-order valence-corrected chi connectivity index (χ4v) is 4.22. The average Bonchev–Trinajstić information content (AvgIpc) is 2.83. The predicted molar refractivity (Wildman–Crippen MR) is 123 cm³/mol. The minimum absolute atomic E-state index is 0.0881. The molecule has 30 heavy (non-hydrogen) atoms. The molecule has 148 valence electrons. The van der Waals surface area contributed by atoms with Gasteiger partial charge in [-0.15, -0.1) is 6.58 Å². The molecule has 0 spiro atoms. The van der Waals surface area contributed by atoms with Gasteiger partial charge in [-0.3, -0.25) is 4.79 Å². The molecule has 2 atom stereocenters. The topological polar surface area (TPSA) is 26.3 Å².